The molecule has 7 heteroatoms. The Bertz CT molecular complexity index is 758. The average molecular weight is 491 g/mol. The lowest BCUT2D eigenvalue weighted by molar-refractivity contribution is -0.116. The first-order valence-corrected chi connectivity index (χ1v) is 14.5. The van der Waals surface area contributed by atoms with Crippen molar-refractivity contribution < 1.29 is 4.79 Å². The molecule has 2 heterocycles. The molecule has 0 aliphatic heterocycles. The van der Waals surface area contributed by atoms with Gasteiger partial charge in [0.25, 0.3) is 0 Å². The van der Waals surface area contributed by atoms with Gasteiger partial charge in [-0.15, -0.1) is 21.5 Å². The largest absolute Gasteiger partial charge is 0.360 e. The topological polar surface area (TPSA) is 66.9 Å². The van der Waals surface area contributed by atoms with E-state index < -0.39 is 0 Å². The van der Waals surface area contributed by atoms with Crippen LogP contribution in [0.15, 0.2) is 29.7 Å². The molecule has 1 amide bonds. The van der Waals surface area contributed by atoms with Gasteiger partial charge in [-0.3, -0.25) is 4.79 Å². The highest BCUT2D eigenvalue weighted by atomic mass is 32.1. The molecule has 0 saturated heterocycles. The number of carbonyl (C=O) groups excluding carboxylic acids is 1. The van der Waals surface area contributed by atoms with E-state index >= 15 is 0 Å². The Labute approximate surface area is 208 Å². The zero-order valence-corrected chi connectivity index (χ0v) is 22.0. The van der Waals surface area contributed by atoms with Gasteiger partial charge in [0.05, 0.1) is 0 Å². The molecule has 0 atom stereocenters. The Morgan fingerprint density at radius 1 is 0.909 bits per heavy atom. The van der Waals surface area contributed by atoms with E-state index in [4.69, 9.17) is 0 Å². The Balaban J connectivity index is 1.39. The van der Waals surface area contributed by atoms with Gasteiger partial charge in [-0.1, -0.05) is 87.8 Å². The Kier molecular flexibility index (Phi) is 15.6. The van der Waals surface area contributed by atoms with E-state index in [2.05, 4.69) is 57.4 Å². The third-order valence-corrected chi connectivity index (χ3v) is 7.30. The zero-order chi connectivity index (χ0) is 23.4. The molecule has 0 unspecified atom stereocenters. The minimum Gasteiger partial charge on any atom is -0.360 e. The minimum absolute atomic E-state index is 0.0360. The highest BCUT2D eigenvalue weighted by Gasteiger charge is 2.08. The predicted octanol–water partition coefficient (Wildman–Crippen LogP) is 8.23. The van der Waals surface area contributed by atoms with Crippen LogP contribution in [-0.4, -0.2) is 22.6 Å². The van der Waals surface area contributed by atoms with Crippen LogP contribution in [0.4, 0.5) is 10.3 Å². The van der Waals surface area contributed by atoms with Crippen LogP contribution >= 0.6 is 22.7 Å². The number of thiophene rings is 1. The van der Waals surface area contributed by atoms with Gasteiger partial charge >= 0.3 is 0 Å². The van der Waals surface area contributed by atoms with E-state index in [1.54, 1.807) is 11.3 Å². The van der Waals surface area contributed by atoms with Gasteiger partial charge in [-0.05, 0) is 50.0 Å². The van der Waals surface area contributed by atoms with Gasteiger partial charge in [0.2, 0.25) is 16.2 Å². The fourth-order valence-electron chi connectivity index (χ4n) is 3.63. The predicted molar refractivity (Wildman–Crippen MR) is 145 cm³/mol. The summed E-state index contributed by atoms with van der Waals surface area (Å²) in [5, 5.41) is 17.7. The summed E-state index contributed by atoms with van der Waals surface area (Å²) >= 11 is 3.15. The molecule has 2 N–H and O–H groups in total. The SMILES string of the molecule is CCCCCCCCC=CCCCCCCCC(=O)Nc1nnc(NCCc2cccs2)s1. The highest BCUT2D eigenvalue weighted by molar-refractivity contribution is 7.19. The Morgan fingerprint density at radius 3 is 2.27 bits per heavy atom. The molecule has 0 radical (unpaired) electrons. The highest BCUT2D eigenvalue weighted by Crippen LogP contribution is 2.20. The molecule has 0 aliphatic carbocycles. The number of hydrogen-bond donors (Lipinski definition) is 2. The maximum Gasteiger partial charge on any atom is 0.226 e. The summed E-state index contributed by atoms with van der Waals surface area (Å²) in [6.45, 7) is 3.09. The first kappa shape index (κ1) is 27.5. The van der Waals surface area contributed by atoms with Crippen molar-refractivity contribution in [1.82, 2.24) is 10.2 Å². The van der Waals surface area contributed by atoms with Gasteiger partial charge in [-0.25, -0.2) is 0 Å². The normalized spacial score (nSPS) is 11.3. The van der Waals surface area contributed by atoms with Crippen molar-refractivity contribution in [2.75, 3.05) is 17.2 Å². The molecular weight excluding hydrogens is 448 g/mol. The lowest BCUT2D eigenvalue weighted by Gasteiger charge is -2.02. The van der Waals surface area contributed by atoms with E-state index in [0.717, 1.165) is 30.9 Å². The number of hydrogen-bond acceptors (Lipinski definition) is 6. The Hall–Kier alpha value is -1.73. The molecule has 0 spiro atoms. The minimum atomic E-state index is 0.0360. The van der Waals surface area contributed by atoms with Crippen LogP contribution in [0.1, 0.15) is 102 Å². The maximum absolute atomic E-state index is 12.1. The van der Waals surface area contributed by atoms with Gasteiger partial charge in [0.15, 0.2) is 0 Å². The van der Waals surface area contributed by atoms with Crippen LogP contribution in [-0.2, 0) is 11.2 Å². The van der Waals surface area contributed by atoms with Crippen molar-refractivity contribution in [1.29, 1.82) is 0 Å². The number of nitrogens with zero attached hydrogens (tertiary/aromatic N) is 2. The van der Waals surface area contributed by atoms with E-state index in [0.29, 0.717) is 11.6 Å². The molecule has 0 bridgehead atoms. The van der Waals surface area contributed by atoms with Gasteiger partial charge < -0.3 is 10.6 Å². The van der Waals surface area contributed by atoms with Gasteiger partial charge in [0, 0.05) is 17.8 Å². The quantitative estimate of drug-likeness (QED) is 0.145. The summed E-state index contributed by atoms with van der Waals surface area (Å²) in [7, 11) is 0. The van der Waals surface area contributed by atoms with Crippen LogP contribution < -0.4 is 10.6 Å². The lowest BCUT2D eigenvalue weighted by Crippen LogP contribution is -2.10. The van der Waals surface area contributed by atoms with Crippen LogP contribution in [0.25, 0.3) is 0 Å². The fourth-order valence-corrected chi connectivity index (χ4v) is 5.03. The first-order chi connectivity index (χ1) is 16.3. The van der Waals surface area contributed by atoms with Gasteiger partial charge in [0.1, 0.15) is 0 Å². The molecule has 2 aromatic rings. The molecule has 0 saturated carbocycles. The summed E-state index contributed by atoms with van der Waals surface area (Å²) in [6, 6.07) is 4.20. The standard InChI is InChI=1S/C26H42N4OS2/c1-2-3-4-5-6-7-8-9-10-11-12-13-14-15-16-19-24(31)28-26-30-29-25(33-26)27-21-20-23-18-17-22-32-23/h9-10,17-18,22H,2-8,11-16,19-21H2,1H3,(H,27,29)(H,28,30,31). The number of amides is 1. The maximum atomic E-state index is 12.1. The number of anilines is 2. The first-order valence-electron chi connectivity index (χ1n) is 12.8. The van der Waals surface area contributed by atoms with E-state index in [9.17, 15) is 4.79 Å². The van der Waals surface area contributed by atoms with Crippen LogP contribution in [0.3, 0.4) is 0 Å². The molecule has 0 fully saturated rings. The van der Waals surface area contributed by atoms with Crippen LogP contribution in [0.2, 0.25) is 0 Å². The van der Waals surface area contributed by atoms with E-state index in [1.165, 1.54) is 86.8 Å². The zero-order valence-electron chi connectivity index (χ0n) is 20.3. The molecule has 184 valence electrons. The monoisotopic (exact) mass is 490 g/mol. The second-order valence-electron chi connectivity index (χ2n) is 8.55. The van der Waals surface area contributed by atoms with Crippen LogP contribution in [0.5, 0.6) is 0 Å². The second kappa shape index (κ2) is 18.7. The van der Waals surface area contributed by atoms with Gasteiger partial charge in [-0.2, -0.15) is 0 Å². The third kappa shape index (κ3) is 14.2. The summed E-state index contributed by atoms with van der Waals surface area (Å²) in [4.78, 5) is 13.5. The molecular formula is C26H42N4OS2. The summed E-state index contributed by atoms with van der Waals surface area (Å²) < 4.78 is 0. The summed E-state index contributed by atoms with van der Waals surface area (Å²) in [6.07, 6.45) is 22.7. The van der Waals surface area contributed by atoms with Crippen molar-refractivity contribution in [2.24, 2.45) is 0 Å². The van der Waals surface area contributed by atoms with Crippen LogP contribution in [0, 0.1) is 0 Å². The average Bonchev–Trinajstić information content (AvgIpc) is 3.49. The molecule has 2 aromatic heterocycles. The van der Waals surface area contributed by atoms with Crippen molar-refractivity contribution in [3.63, 3.8) is 0 Å². The van der Waals surface area contributed by atoms with Crippen molar-refractivity contribution in [3.05, 3.63) is 34.5 Å². The van der Waals surface area contributed by atoms with E-state index in [-0.39, 0.29) is 5.91 Å². The smallest absolute Gasteiger partial charge is 0.226 e. The molecule has 0 aromatic carbocycles. The number of nitrogens with one attached hydrogen (secondary N) is 2. The lowest BCUT2D eigenvalue weighted by atomic mass is 10.1. The van der Waals surface area contributed by atoms with Crippen molar-refractivity contribution in [3.8, 4) is 0 Å². The number of rotatable bonds is 20. The van der Waals surface area contributed by atoms with Crippen molar-refractivity contribution >= 4 is 38.8 Å². The number of unbranched alkanes of at least 4 members (excludes halogenated alkanes) is 11. The molecule has 33 heavy (non-hydrogen) atoms. The Morgan fingerprint density at radius 2 is 1.58 bits per heavy atom. The number of carbonyl (C=O) groups is 1. The molecule has 0 aliphatic rings. The molecule has 2 rings (SSSR count). The second-order valence-corrected chi connectivity index (χ2v) is 10.6. The summed E-state index contributed by atoms with van der Waals surface area (Å²) in [5.74, 6) is 0.0360. The van der Waals surface area contributed by atoms with Crippen molar-refractivity contribution in [2.45, 2.75) is 103 Å². The number of allylic oxidation sites excluding steroid dienone is 2. The van der Waals surface area contributed by atoms with E-state index in [1.807, 2.05) is 0 Å². The summed E-state index contributed by atoms with van der Waals surface area (Å²) in [5.41, 5.74) is 0. The number of aromatic nitrogens is 2. The fraction of sp³-hybridized carbons (Fsp3) is 0.654. The molecule has 5 nitrogen and oxygen atoms in total. The third-order valence-electron chi connectivity index (χ3n) is 5.56.